The number of carboxylic acid groups (broad SMARTS) is 1. The second kappa shape index (κ2) is 7.86. The molecule has 110 valence electrons. The predicted octanol–water partition coefficient (Wildman–Crippen LogP) is 2.69. The molecule has 0 radical (unpaired) electrons. The summed E-state index contributed by atoms with van der Waals surface area (Å²) in [6.07, 6.45) is 0.102. The summed E-state index contributed by atoms with van der Waals surface area (Å²) in [7, 11) is 0. The van der Waals surface area contributed by atoms with Crippen LogP contribution < -0.4 is 10.6 Å². The maximum Gasteiger partial charge on any atom is 0.337 e. The number of ether oxygens (including phenoxy) is 1. The summed E-state index contributed by atoms with van der Waals surface area (Å²) in [6.45, 7) is 4.56. The molecule has 0 saturated heterocycles. The van der Waals surface area contributed by atoms with Crippen LogP contribution in [0.5, 0.6) is 0 Å². The number of carbonyl (C=O) groups is 2. The lowest BCUT2D eigenvalue weighted by Gasteiger charge is -2.11. The average Bonchev–Trinajstić information content (AvgIpc) is 2.36. The first-order valence-corrected chi connectivity index (χ1v) is 6.88. The minimum Gasteiger partial charge on any atom is -0.478 e. The van der Waals surface area contributed by atoms with Crippen molar-refractivity contribution in [2.75, 3.05) is 18.5 Å². The van der Waals surface area contributed by atoms with Crippen LogP contribution in [-0.4, -0.2) is 36.4 Å². The molecule has 0 saturated carbocycles. The molecule has 0 unspecified atom stereocenters. The fourth-order valence-electron chi connectivity index (χ4n) is 1.43. The van der Waals surface area contributed by atoms with Crippen LogP contribution >= 0.6 is 15.9 Å². The van der Waals surface area contributed by atoms with Gasteiger partial charge in [-0.3, -0.25) is 0 Å². The predicted molar refractivity (Wildman–Crippen MR) is 79.2 cm³/mol. The van der Waals surface area contributed by atoms with Gasteiger partial charge in [-0.1, -0.05) is 15.9 Å². The third kappa shape index (κ3) is 5.58. The molecule has 0 aliphatic rings. The Morgan fingerprint density at radius 1 is 1.40 bits per heavy atom. The van der Waals surface area contributed by atoms with Crippen LogP contribution in [0, 0.1) is 0 Å². The number of aromatic carboxylic acids is 1. The summed E-state index contributed by atoms with van der Waals surface area (Å²) in [4.78, 5) is 22.7. The zero-order valence-corrected chi connectivity index (χ0v) is 12.9. The van der Waals surface area contributed by atoms with Gasteiger partial charge in [0.15, 0.2) is 0 Å². The Hall–Kier alpha value is -1.60. The van der Waals surface area contributed by atoms with Crippen LogP contribution in [0.4, 0.5) is 10.5 Å². The standard InChI is InChI=1S/C13H17BrN2O4/c1-8(2)20-6-5-15-13(19)16-11-4-3-9(14)7-10(11)12(17)18/h3-4,7-8H,5-6H2,1-2H3,(H,17,18)(H2,15,16,19). The molecule has 1 rings (SSSR count). The van der Waals surface area contributed by atoms with Crippen LogP contribution in [0.3, 0.4) is 0 Å². The van der Waals surface area contributed by atoms with Gasteiger partial charge in [-0.2, -0.15) is 0 Å². The molecule has 0 aromatic heterocycles. The monoisotopic (exact) mass is 344 g/mol. The van der Waals surface area contributed by atoms with Gasteiger partial charge in [-0.05, 0) is 32.0 Å². The Morgan fingerprint density at radius 3 is 2.70 bits per heavy atom. The van der Waals surface area contributed by atoms with Crippen LogP contribution in [-0.2, 0) is 4.74 Å². The summed E-state index contributed by atoms with van der Waals surface area (Å²) < 4.78 is 5.91. The molecular weight excluding hydrogens is 328 g/mol. The van der Waals surface area contributed by atoms with E-state index in [0.717, 1.165) is 0 Å². The highest BCUT2D eigenvalue weighted by Crippen LogP contribution is 2.21. The molecule has 0 bridgehead atoms. The van der Waals surface area contributed by atoms with E-state index in [9.17, 15) is 9.59 Å². The zero-order chi connectivity index (χ0) is 15.1. The van der Waals surface area contributed by atoms with E-state index in [2.05, 4.69) is 26.6 Å². The van der Waals surface area contributed by atoms with Crippen LogP contribution in [0.25, 0.3) is 0 Å². The minimum absolute atomic E-state index is 0.0213. The number of anilines is 1. The van der Waals surface area contributed by atoms with Crippen molar-refractivity contribution in [3.63, 3.8) is 0 Å². The van der Waals surface area contributed by atoms with Gasteiger partial charge in [0.1, 0.15) is 0 Å². The summed E-state index contributed by atoms with van der Waals surface area (Å²) in [5.74, 6) is -1.11. The van der Waals surface area contributed by atoms with Gasteiger partial charge in [0.05, 0.1) is 24.0 Å². The molecule has 2 amide bonds. The van der Waals surface area contributed by atoms with E-state index >= 15 is 0 Å². The smallest absolute Gasteiger partial charge is 0.337 e. The number of rotatable bonds is 6. The molecule has 0 heterocycles. The lowest BCUT2D eigenvalue weighted by molar-refractivity contribution is 0.0697. The number of urea groups is 1. The molecule has 3 N–H and O–H groups in total. The second-order valence-corrected chi connectivity index (χ2v) is 5.21. The van der Waals surface area contributed by atoms with Gasteiger partial charge >= 0.3 is 12.0 Å². The van der Waals surface area contributed by atoms with Crippen molar-refractivity contribution in [1.82, 2.24) is 5.32 Å². The highest BCUT2D eigenvalue weighted by atomic mass is 79.9. The van der Waals surface area contributed by atoms with Gasteiger partial charge in [0, 0.05) is 11.0 Å². The third-order valence-corrected chi connectivity index (χ3v) is 2.79. The van der Waals surface area contributed by atoms with Gasteiger partial charge in [0.2, 0.25) is 0 Å². The molecule has 0 spiro atoms. The van der Waals surface area contributed by atoms with E-state index in [0.29, 0.717) is 17.6 Å². The number of amides is 2. The molecule has 0 aliphatic carbocycles. The zero-order valence-electron chi connectivity index (χ0n) is 11.3. The van der Waals surface area contributed by atoms with E-state index in [1.807, 2.05) is 13.8 Å². The van der Waals surface area contributed by atoms with Crippen molar-refractivity contribution in [2.24, 2.45) is 0 Å². The van der Waals surface area contributed by atoms with Crippen molar-refractivity contribution >= 4 is 33.6 Å². The van der Waals surface area contributed by atoms with Crippen LogP contribution in [0.2, 0.25) is 0 Å². The molecule has 0 fully saturated rings. The maximum atomic E-state index is 11.6. The first-order valence-electron chi connectivity index (χ1n) is 6.09. The number of nitrogens with one attached hydrogen (secondary N) is 2. The SMILES string of the molecule is CC(C)OCCNC(=O)Nc1ccc(Br)cc1C(=O)O. The lowest BCUT2D eigenvalue weighted by Crippen LogP contribution is -2.32. The highest BCUT2D eigenvalue weighted by Gasteiger charge is 2.12. The van der Waals surface area contributed by atoms with Gasteiger partial charge < -0.3 is 20.5 Å². The Bertz CT molecular complexity index is 491. The number of carboxylic acids is 1. The van der Waals surface area contributed by atoms with E-state index in [1.54, 1.807) is 6.07 Å². The first kappa shape index (κ1) is 16.5. The third-order valence-electron chi connectivity index (χ3n) is 2.30. The second-order valence-electron chi connectivity index (χ2n) is 4.30. The topological polar surface area (TPSA) is 87.7 Å². The average molecular weight is 345 g/mol. The van der Waals surface area contributed by atoms with Crippen molar-refractivity contribution in [3.8, 4) is 0 Å². The number of halogens is 1. The van der Waals surface area contributed by atoms with Crippen LogP contribution in [0.1, 0.15) is 24.2 Å². The Kier molecular flexibility index (Phi) is 6.47. The molecule has 7 heteroatoms. The number of hydrogen-bond acceptors (Lipinski definition) is 3. The van der Waals surface area contributed by atoms with E-state index in [4.69, 9.17) is 9.84 Å². The Labute approximate surface area is 125 Å². The Morgan fingerprint density at radius 2 is 2.10 bits per heavy atom. The van der Waals surface area contributed by atoms with Crippen LogP contribution in [0.15, 0.2) is 22.7 Å². The molecule has 1 aromatic rings. The van der Waals surface area contributed by atoms with Crippen molar-refractivity contribution in [3.05, 3.63) is 28.2 Å². The van der Waals surface area contributed by atoms with Gasteiger partial charge in [-0.25, -0.2) is 9.59 Å². The van der Waals surface area contributed by atoms with Crippen molar-refractivity contribution in [1.29, 1.82) is 0 Å². The van der Waals surface area contributed by atoms with Gasteiger partial charge in [-0.15, -0.1) is 0 Å². The quantitative estimate of drug-likeness (QED) is 0.692. The summed E-state index contributed by atoms with van der Waals surface area (Å²) in [5, 5.41) is 14.2. The molecule has 0 atom stereocenters. The minimum atomic E-state index is -1.11. The molecule has 20 heavy (non-hydrogen) atoms. The van der Waals surface area contributed by atoms with Crippen molar-refractivity contribution in [2.45, 2.75) is 20.0 Å². The van der Waals surface area contributed by atoms with Crippen molar-refractivity contribution < 1.29 is 19.4 Å². The fraction of sp³-hybridized carbons (Fsp3) is 0.385. The van der Waals surface area contributed by atoms with E-state index < -0.39 is 12.0 Å². The first-order chi connectivity index (χ1) is 9.40. The Balaban J connectivity index is 2.55. The van der Waals surface area contributed by atoms with E-state index in [-0.39, 0.29) is 17.4 Å². The van der Waals surface area contributed by atoms with Gasteiger partial charge in [0.25, 0.3) is 0 Å². The van der Waals surface area contributed by atoms with E-state index in [1.165, 1.54) is 12.1 Å². The molecular formula is C13H17BrN2O4. The molecule has 1 aromatic carbocycles. The number of carbonyl (C=O) groups excluding carboxylic acids is 1. The summed E-state index contributed by atoms with van der Waals surface area (Å²) >= 11 is 3.19. The lowest BCUT2D eigenvalue weighted by atomic mass is 10.2. The fourth-order valence-corrected chi connectivity index (χ4v) is 1.79. The molecule has 0 aliphatic heterocycles. The summed E-state index contributed by atoms with van der Waals surface area (Å²) in [5.41, 5.74) is 0.260. The molecule has 6 nitrogen and oxygen atoms in total. The number of hydrogen-bond donors (Lipinski definition) is 3. The summed E-state index contributed by atoms with van der Waals surface area (Å²) in [6, 6.07) is 4.14. The number of benzene rings is 1. The normalized spacial score (nSPS) is 10.4. The largest absolute Gasteiger partial charge is 0.478 e. The maximum absolute atomic E-state index is 11.6. The highest BCUT2D eigenvalue weighted by molar-refractivity contribution is 9.10.